The van der Waals surface area contributed by atoms with E-state index in [1.54, 1.807) is 31.5 Å². The van der Waals surface area contributed by atoms with Gasteiger partial charge in [0.05, 0.1) is 18.3 Å². The van der Waals surface area contributed by atoms with Crippen molar-refractivity contribution in [2.75, 3.05) is 7.11 Å². The van der Waals surface area contributed by atoms with E-state index in [1.807, 2.05) is 24.3 Å². The number of nitrogens with one attached hydrogen (secondary N) is 1. The summed E-state index contributed by atoms with van der Waals surface area (Å²) in [5, 5.41) is 12.3. The second-order valence-corrected chi connectivity index (χ2v) is 6.04. The summed E-state index contributed by atoms with van der Waals surface area (Å²) >= 11 is 17.4. The van der Waals surface area contributed by atoms with Crippen molar-refractivity contribution < 1.29 is 4.74 Å². The molecule has 0 aliphatic carbocycles. The van der Waals surface area contributed by atoms with Gasteiger partial charge in [-0.1, -0.05) is 23.2 Å². The van der Waals surface area contributed by atoms with Crippen molar-refractivity contribution in [2.24, 2.45) is 5.10 Å². The quantitative estimate of drug-likeness (QED) is 0.523. The molecular weight excluding hydrogens is 367 g/mol. The van der Waals surface area contributed by atoms with Crippen LogP contribution in [0.1, 0.15) is 5.56 Å². The lowest BCUT2D eigenvalue weighted by Gasteiger charge is -2.04. The zero-order valence-corrected chi connectivity index (χ0v) is 14.9. The Morgan fingerprint density at radius 2 is 1.96 bits per heavy atom. The second kappa shape index (κ2) is 7.17. The highest BCUT2D eigenvalue weighted by Crippen LogP contribution is 2.29. The van der Waals surface area contributed by atoms with Crippen molar-refractivity contribution in [1.29, 1.82) is 0 Å². The maximum Gasteiger partial charge on any atom is 0.216 e. The number of methoxy groups -OCH3 is 1. The van der Waals surface area contributed by atoms with Crippen LogP contribution in [0.4, 0.5) is 0 Å². The molecule has 3 aromatic rings. The molecule has 5 nitrogen and oxygen atoms in total. The van der Waals surface area contributed by atoms with Crippen molar-refractivity contribution in [3.8, 4) is 17.1 Å². The molecule has 3 rings (SSSR count). The summed E-state index contributed by atoms with van der Waals surface area (Å²) in [6.07, 6.45) is 1.68. The largest absolute Gasteiger partial charge is 0.497 e. The molecule has 0 aliphatic rings. The molecule has 0 fully saturated rings. The third-order valence-corrected chi connectivity index (χ3v) is 4.07. The molecule has 0 radical (unpaired) electrons. The van der Waals surface area contributed by atoms with Crippen LogP contribution in [-0.4, -0.2) is 28.2 Å². The number of benzene rings is 2. The first-order valence-corrected chi connectivity index (χ1v) is 8.06. The number of rotatable bonds is 4. The van der Waals surface area contributed by atoms with Crippen molar-refractivity contribution in [3.63, 3.8) is 0 Å². The van der Waals surface area contributed by atoms with Crippen LogP contribution >= 0.6 is 35.4 Å². The van der Waals surface area contributed by atoms with Gasteiger partial charge in [0.25, 0.3) is 0 Å². The van der Waals surface area contributed by atoms with E-state index in [-0.39, 0.29) is 0 Å². The van der Waals surface area contributed by atoms with Gasteiger partial charge in [-0.15, -0.1) is 0 Å². The van der Waals surface area contributed by atoms with Gasteiger partial charge in [-0.05, 0) is 60.2 Å². The van der Waals surface area contributed by atoms with Crippen molar-refractivity contribution >= 4 is 41.6 Å². The number of hydrogen-bond acceptors (Lipinski definition) is 4. The van der Waals surface area contributed by atoms with E-state index in [0.29, 0.717) is 26.2 Å². The molecular formula is C16H12Cl2N4OS. The van der Waals surface area contributed by atoms with Crippen LogP contribution in [0.2, 0.25) is 10.0 Å². The molecule has 24 heavy (non-hydrogen) atoms. The average Bonchev–Trinajstić information content (AvgIpc) is 2.94. The average molecular weight is 379 g/mol. The lowest BCUT2D eigenvalue weighted by atomic mass is 10.2. The fourth-order valence-electron chi connectivity index (χ4n) is 2.06. The summed E-state index contributed by atoms with van der Waals surface area (Å²) in [6, 6.07) is 12.6. The smallest absolute Gasteiger partial charge is 0.216 e. The molecule has 1 N–H and O–H groups in total. The minimum absolute atomic E-state index is 0.362. The Morgan fingerprint density at radius 1 is 1.21 bits per heavy atom. The minimum Gasteiger partial charge on any atom is -0.497 e. The molecule has 8 heteroatoms. The van der Waals surface area contributed by atoms with Gasteiger partial charge in [-0.3, -0.25) is 0 Å². The molecule has 0 atom stereocenters. The van der Waals surface area contributed by atoms with Gasteiger partial charge in [0.2, 0.25) is 4.77 Å². The Balaban J connectivity index is 1.98. The maximum absolute atomic E-state index is 6.24. The Hall–Kier alpha value is -2.15. The summed E-state index contributed by atoms with van der Waals surface area (Å²) in [5.74, 6) is 1.28. The molecule has 0 unspecified atom stereocenters. The van der Waals surface area contributed by atoms with E-state index in [1.165, 1.54) is 4.68 Å². The number of halogens is 2. The van der Waals surface area contributed by atoms with Crippen LogP contribution in [0.15, 0.2) is 47.6 Å². The van der Waals surface area contributed by atoms with Gasteiger partial charge in [0, 0.05) is 10.6 Å². The topological polar surface area (TPSA) is 55.2 Å². The van der Waals surface area contributed by atoms with Crippen LogP contribution in [-0.2, 0) is 0 Å². The number of nitrogens with zero attached hydrogens (tertiary/aromatic N) is 3. The third-order valence-electron chi connectivity index (χ3n) is 3.26. The van der Waals surface area contributed by atoms with Crippen LogP contribution in [0.3, 0.4) is 0 Å². The highest BCUT2D eigenvalue weighted by atomic mass is 35.5. The van der Waals surface area contributed by atoms with Gasteiger partial charge in [0.15, 0.2) is 5.82 Å². The lowest BCUT2D eigenvalue weighted by molar-refractivity contribution is 0.415. The van der Waals surface area contributed by atoms with Crippen molar-refractivity contribution in [3.05, 3.63) is 62.8 Å². The molecule has 0 saturated heterocycles. The summed E-state index contributed by atoms with van der Waals surface area (Å²) in [4.78, 5) is 0. The standard InChI is InChI=1S/C16H12Cl2N4OS/c1-23-12-5-2-10(3-6-12)9-19-22-15(20-21-16(22)24)13-7-4-11(17)8-14(13)18/h2-9H,1H3,(H,21,24)/b19-9-. The van der Waals surface area contributed by atoms with Crippen LogP contribution in [0.5, 0.6) is 5.75 Å². The van der Waals surface area contributed by atoms with Crippen LogP contribution in [0, 0.1) is 4.77 Å². The van der Waals surface area contributed by atoms with Gasteiger partial charge >= 0.3 is 0 Å². The first-order chi connectivity index (χ1) is 11.6. The second-order valence-electron chi connectivity index (χ2n) is 4.81. The number of hydrogen-bond donors (Lipinski definition) is 1. The first kappa shape index (κ1) is 16.7. The van der Waals surface area contributed by atoms with E-state index in [2.05, 4.69) is 15.3 Å². The summed E-state index contributed by atoms with van der Waals surface area (Å²) in [7, 11) is 1.62. The minimum atomic E-state index is 0.362. The number of aromatic nitrogens is 3. The zero-order chi connectivity index (χ0) is 17.1. The predicted molar refractivity (Wildman–Crippen MR) is 98.9 cm³/mol. The van der Waals surface area contributed by atoms with Crippen molar-refractivity contribution in [2.45, 2.75) is 0 Å². The Kier molecular flexibility index (Phi) is 4.99. The van der Waals surface area contributed by atoms with Crippen LogP contribution in [0.25, 0.3) is 11.4 Å². The molecule has 1 heterocycles. The van der Waals surface area contributed by atoms with Crippen molar-refractivity contribution in [1.82, 2.24) is 14.9 Å². The van der Waals surface area contributed by atoms with Gasteiger partial charge in [-0.25, -0.2) is 5.10 Å². The van der Waals surface area contributed by atoms with Gasteiger partial charge in [0.1, 0.15) is 5.75 Å². The summed E-state index contributed by atoms with van der Waals surface area (Å²) in [5.41, 5.74) is 1.58. The van der Waals surface area contributed by atoms with Gasteiger partial charge < -0.3 is 4.74 Å². The number of H-pyrrole nitrogens is 1. The molecule has 1 aromatic heterocycles. The fraction of sp³-hybridized carbons (Fsp3) is 0.0625. The monoisotopic (exact) mass is 378 g/mol. The number of ether oxygens (including phenoxy) is 1. The lowest BCUT2D eigenvalue weighted by Crippen LogP contribution is -1.95. The highest BCUT2D eigenvalue weighted by Gasteiger charge is 2.12. The maximum atomic E-state index is 6.24. The summed E-state index contributed by atoms with van der Waals surface area (Å²) < 4.78 is 7.00. The molecule has 0 aliphatic heterocycles. The van der Waals surface area contributed by atoms with E-state index in [0.717, 1.165) is 11.3 Å². The Bertz CT molecular complexity index is 947. The number of aromatic amines is 1. The molecule has 0 bridgehead atoms. The summed E-state index contributed by atoms with van der Waals surface area (Å²) in [6.45, 7) is 0. The Labute approximate surface area is 153 Å². The SMILES string of the molecule is COc1ccc(/C=N\n2c(-c3ccc(Cl)cc3Cl)n[nH]c2=S)cc1. The van der Waals surface area contributed by atoms with E-state index >= 15 is 0 Å². The molecule has 2 aromatic carbocycles. The Morgan fingerprint density at radius 3 is 2.62 bits per heavy atom. The molecule has 0 amide bonds. The van der Waals surface area contributed by atoms with Crippen LogP contribution < -0.4 is 4.74 Å². The highest BCUT2D eigenvalue weighted by molar-refractivity contribution is 7.71. The molecule has 122 valence electrons. The first-order valence-electron chi connectivity index (χ1n) is 6.90. The fourth-order valence-corrected chi connectivity index (χ4v) is 2.73. The molecule has 0 spiro atoms. The molecule has 0 saturated carbocycles. The van der Waals surface area contributed by atoms with E-state index in [4.69, 9.17) is 40.2 Å². The predicted octanol–water partition coefficient (Wildman–Crippen LogP) is 4.81. The normalized spacial score (nSPS) is 11.1. The van der Waals surface area contributed by atoms with Gasteiger partial charge in [-0.2, -0.15) is 14.9 Å². The van der Waals surface area contributed by atoms with E-state index < -0.39 is 0 Å². The third kappa shape index (κ3) is 3.51. The van der Waals surface area contributed by atoms with E-state index in [9.17, 15) is 0 Å². The zero-order valence-electron chi connectivity index (χ0n) is 12.5.